The van der Waals surface area contributed by atoms with Crippen LogP contribution in [0.2, 0.25) is 0 Å². The molecule has 2 heterocycles. The maximum Gasteiger partial charge on any atom is 0.142 e. The van der Waals surface area contributed by atoms with Crippen LogP contribution in [0.15, 0.2) is 6.20 Å². The average molecular weight is 153 g/mol. The molecule has 0 radical (unpaired) electrons. The summed E-state index contributed by atoms with van der Waals surface area (Å²) in [6.45, 7) is 3.42. The van der Waals surface area contributed by atoms with Crippen molar-refractivity contribution in [2.24, 2.45) is 0 Å². The summed E-state index contributed by atoms with van der Waals surface area (Å²) in [4.78, 5) is 4.12. The molecule has 4 nitrogen and oxygen atoms in total. The van der Waals surface area contributed by atoms with E-state index in [1.165, 1.54) is 0 Å². The van der Waals surface area contributed by atoms with Gasteiger partial charge in [-0.25, -0.2) is 4.98 Å². The SMILES string of the molecule is CC1COCc2nc(N)cn21. The van der Waals surface area contributed by atoms with Gasteiger partial charge in [0.05, 0.1) is 12.6 Å². The largest absolute Gasteiger partial charge is 0.382 e. The van der Waals surface area contributed by atoms with Crippen LogP contribution >= 0.6 is 0 Å². The third-order valence-electron chi connectivity index (χ3n) is 1.89. The Morgan fingerprint density at radius 1 is 1.82 bits per heavy atom. The Morgan fingerprint density at radius 2 is 2.64 bits per heavy atom. The lowest BCUT2D eigenvalue weighted by Crippen LogP contribution is -2.20. The second-order valence-electron chi connectivity index (χ2n) is 2.85. The van der Waals surface area contributed by atoms with Crippen LogP contribution in [0.25, 0.3) is 0 Å². The molecule has 1 aliphatic heterocycles. The first-order valence-corrected chi connectivity index (χ1v) is 3.68. The van der Waals surface area contributed by atoms with E-state index in [4.69, 9.17) is 10.5 Å². The molecule has 1 aromatic rings. The first-order chi connectivity index (χ1) is 5.27. The van der Waals surface area contributed by atoms with Crippen molar-refractivity contribution in [2.75, 3.05) is 12.3 Å². The molecule has 1 atom stereocenters. The summed E-state index contributed by atoms with van der Waals surface area (Å²) in [5.74, 6) is 1.51. The molecule has 0 spiro atoms. The molecule has 0 amide bonds. The molecule has 0 aliphatic carbocycles. The zero-order valence-electron chi connectivity index (χ0n) is 6.45. The Balaban J connectivity index is 2.43. The highest BCUT2D eigenvalue weighted by atomic mass is 16.5. The maximum absolute atomic E-state index is 5.53. The second kappa shape index (κ2) is 2.23. The van der Waals surface area contributed by atoms with E-state index in [2.05, 4.69) is 16.5 Å². The van der Waals surface area contributed by atoms with E-state index in [-0.39, 0.29) is 0 Å². The topological polar surface area (TPSA) is 53.1 Å². The van der Waals surface area contributed by atoms with E-state index in [0.29, 0.717) is 18.5 Å². The van der Waals surface area contributed by atoms with E-state index in [0.717, 1.165) is 12.4 Å². The normalized spacial score (nSPS) is 23.2. The van der Waals surface area contributed by atoms with Crippen LogP contribution in [-0.2, 0) is 11.3 Å². The van der Waals surface area contributed by atoms with Crippen LogP contribution in [0.5, 0.6) is 0 Å². The van der Waals surface area contributed by atoms with Gasteiger partial charge in [-0.05, 0) is 6.92 Å². The zero-order chi connectivity index (χ0) is 7.84. The van der Waals surface area contributed by atoms with Crippen molar-refractivity contribution in [2.45, 2.75) is 19.6 Å². The predicted octanol–water partition coefficient (Wildman–Crippen LogP) is 0.557. The van der Waals surface area contributed by atoms with Gasteiger partial charge in [0, 0.05) is 6.20 Å². The van der Waals surface area contributed by atoms with Crippen LogP contribution in [0.3, 0.4) is 0 Å². The molecule has 0 saturated carbocycles. The number of nitrogen functional groups attached to an aromatic ring is 1. The Labute approximate surface area is 65.0 Å². The summed E-state index contributed by atoms with van der Waals surface area (Å²) in [5.41, 5.74) is 5.53. The van der Waals surface area contributed by atoms with Crippen LogP contribution in [0.4, 0.5) is 5.82 Å². The number of fused-ring (bicyclic) bond motifs is 1. The van der Waals surface area contributed by atoms with Crippen molar-refractivity contribution in [3.63, 3.8) is 0 Å². The second-order valence-corrected chi connectivity index (χ2v) is 2.85. The fourth-order valence-electron chi connectivity index (χ4n) is 1.34. The van der Waals surface area contributed by atoms with Crippen LogP contribution in [-0.4, -0.2) is 16.2 Å². The fourth-order valence-corrected chi connectivity index (χ4v) is 1.34. The molecule has 1 aliphatic rings. The summed E-state index contributed by atoms with van der Waals surface area (Å²) >= 11 is 0. The number of nitrogens with zero attached hydrogens (tertiary/aromatic N) is 2. The molecule has 0 aromatic carbocycles. The monoisotopic (exact) mass is 153 g/mol. The minimum absolute atomic E-state index is 0.364. The van der Waals surface area contributed by atoms with Gasteiger partial charge in [-0.1, -0.05) is 0 Å². The van der Waals surface area contributed by atoms with Crippen molar-refractivity contribution in [3.05, 3.63) is 12.0 Å². The maximum atomic E-state index is 5.53. The minimum Gasteiger partial charge on any atom is -0.382 e. The molecule has 1 unspecified atom stereocenters. The highest BCUT2D eigenvalue weighted by Crippen LogP contribution is 2.18. The van der Waals surface area contributed by atoms with Crippen molar-refractivity contribution >= 4 is 5.82 Å². The number of hydrogen-bond acceptors (Lipinski definition) is 3. The fraction of sp³-hybridized carbons (Fsp3) is 0.571. The highest BCUT2D eigenvalue weighted by Gasteiger charge is 2.17. The minimum atomic E-state index is 0.364. The van der Waals surface area contributed by atoms with Crippen molar-refractivity contribution < 1.29 is 4.74 Å². The lowest BCUT2D eigenvalue weighted by Gasteiger charge is -2.21. The van der Waals surface area contributed by atoms with E-state index in [9.17, 15) is 0 Å². The molecule has 2 N–H and O–H groups in total. The van der Waals surface area contributed by atoms with E-state index >= 15 is 0 Å². The third-order valence-corrected chi connectivity index (χ3v) is 1.89. The van der Waals surface area contributed by atoms with Crippen LogP contribution in [0, 0.1) is 0 Å². The number of anilines is 1. The molecule has 0 fully saturated rings. The summed E-state index contributed by atoms with van der Waals surface area (Å²) in [5, 5.41) is 0. The van der Waals surface area contributed by atoms with Crippen LogP contribution < -0.4 is 5.73 Å². The number of imidazole rings is 1. The van der Waals surface area contributed by atoms with E-state index in [1.807, 2.05) is 6.20 Å². The number of ether oxygens (including phenoxy) is 1. The lowest BCUT2D eigenvalue weighted by atomic mass is 10.3. The van der Waals surface area contributed by atoms with Gasteiger partial charge in [0.15, 0.2) is 0 Å². The van der Waals surface area contributed by atoms with Crippen molar-refractivity contribution in [3.8, 4) is 0 Å². The summed E-state index contributed by atoms with van der Waals surface area (Å²) in [7, 11) is 0. The summed E-state index contributed by atoms with van der Waals surface area (Å²) < 4.78 is 7.35. The first kappa shape index (κ1) is 6.67. The average Bonchev–Trinajstić information content (AvgIpc) is 2.31. The molecule has 60 valence electrons. The smallest absolute Gasteiger partial charge is 0.142 e. The Hall–Kier alpha value is -1.03. The van der Waals surface area contributed by atoms with Gasteiger partial charge in [-0.3, -0.25) is 0 Å². The van der Waals surface area contributed by atoms with Gasteiger partial charge in [0.1, 0.15) is 18.2 Å². The standard InChI is InChI=1S/C7H11N3O/c1-5-3-11-4-7-9-6(8)2-10(5)7/h2,5H,3-4,8H2,1H3. The van der Waals surface area contributed by atoms with Gasteiger partial charge in [-0.15, -0.1) is 0 Å². The Morgan fingerprint density at radius 3 is 3.36 bits per heavy atom. The van der Waals surface area contributed by atoms with Crippen LogP contribution in [0.1, 0.15) is 18.8 Å². The summed E-state index contributed by atoms with van der Waals surface area (Å²) in [6.07, 6.45) is 1.86. The highest BCUT2D eigenvalue weighted by molar-refractivity contribution is 5.26. The van der Waals surface area contributed by atoms with Gasteiger partial charge in [0.2, 0.25) is 0 Å². The van der Waals surface area contributed by atoms with Gasteiger partial charge in [-0.2, -0.15) is 0 Å². The lowest BCUT2D eigenvalue weighted by molar-refractivity contribution is 0.0603. The Kier molecular flexibility index (Phi) is 1.35. The van der Waals surface area contributed by atoms with Gasteiger partial charge >= 0.3 is 0 Å². The predicted molar refractivity (Wildman–Crippen MR) is 41.0 cm³/mol. The number of rotatable bonds is 0. The molecule has 4 heteroatoms. The van der Waals surface area contributed by atoms with Gasteiger partial charge < -0.3 is 15.0 Å². The molecular formula is C7H11N3O. The number of hydrogen-bond donors (Lipinski definition) is 1. The Bertz CT molecular complexity index is 269. The molecular weight excluding hydrogens is 142 g/mol. The van der Waals surface area contributed by atoms with Crippen molar-refractivity contribution in [1.29, 1.82) is 0 Å². The zero-order valence-corrected chi connectivity index (χ0v) is 6.45. The number of aromatic nitrogens is 2. The molecule has 1 aromatic heterocycles. The van der Waals surface area contributed by atoms with E-state index in [1.54, 1.807) is 0 Å². The first-order valence-electron chi connectivity index (χ1n) is 3.68. The summed E-state index contributed by atoms with van der Waals surface area (Å²) in [6, 6.07) is 0.364. The molecule has 11 heavy (non-hydrogen) atoms. The third kappa shape index (κ3) is 0.991. The molecule has 2 rings (SSSR count). The molecule has 0 bridgehead atoms. The van der Waals surface area contributed by atoms with E-state index < -0.39 is 0 Å². The van der Waals surface area contributed by atoms with Gasteiger partial charge in [0.25, 0.3) is 0 Å². The van der Waals surface area contributed by atoms with Crippen molar-refractivity contribution in [1.82, 2.24) is 9.55 Å². The molecule has 0 saturated heterocycles. The quantitative estimate of drug-likeness (QED) is 0.592. The number of nitrogens with two attached hydrogens (primary N) is 1.